The average Bonchev–Trinajstić information content (AvgIpc) is 3.86. The third-order valence-corrected chi connectivity index (χ3v) is 17.2. The summed E-state index contributed by atoms with van der Waals surface area (Å²) in [6, 6.07) is 59.5. The van der Waals surface area contributed by atoms with Crippen LogP contribution in [0.25, 0.3) is 0 Å². The van der Waals surface area contributed by atoms with Crippen molar-refractivity contribution in [1.29, 1.82) is 0 Å². The second-order valence-corrected chi connectivity index (χ2v) is 22.0. The van der Waals surface area contributed by atoms with Crippen molar-refractivity contribution in [2.75, 3.05) is 20.3 Å². The highest BCUT2D eigenvalue weighted by atomic mass is 28.4. The van der Waals surface area contributed by atoms with Crippen LogP contribution in [0, 0.1) is 0 Å². The monoisotopic (exact) mass is 908 g/mol. The lowest BCUT2D eigenvalue weighted by molar-refractivity contribution is -0.222. The smallest absolute Gasteiger partial charge is 0.338 e. The number of hydrogen-bond acceptors (Lipinski definition) is 10. The van der Waals surface area contributed by atoms with Crippen molar-refractivity contribution in [3.05, 3.63) is 204 Å². The highest BCUT2D eigenvalue weighted by Gasteiger charge is 2.56. The van der Waals surface area contributed by atoms with Crippen LogP contribution in [0.15, 0.2) is 182 Å². The Hall–Kier alpha value is -5.31. The molecular formula is C55H60O10Si. The quantitative estimate of drug-likeness (QED) is 0.0547. The van der Waals surface area contributed by atoms with E-state index in [1.54, 1.807) is 31.4 Å². The molecule has 8 rings (SSSR count). The second-order valence-electron chi connectivity index (χ2n) is 17.7. The molecule has 0 aliphatic carbocycles. The van der Waals surface area contributed by atoms with Gasteiger partial charge in [0.1, 0.15) is 30.5 Å². The minimum Gasteiger partial charge on any atom is -0.450 e. The lowest BCUT2D eigenvalue weighted by atomic mass is 10.1. The number of hydrogen-bond donors (Lipinski definition) is 0. The molecule has 0 N–H and O–H groups in total. The fourth-order valence-electron chi connectivity index (χ4n) is 8.91. The zero-order valence-electron chi connectivity index (χ0n) is 38.1. The Kier molecular flexibility index (Phi) is 16.1. The van der Waals surface area contributed by atoms with E-state index in [0.717, 1.165) is 27.1 Å². The zero-order chi connectivity index (χ0) is 45.8. The van der Waals surface area contributed by atoms with Gasteiger partial charge in [-0.2, -0.15) is 0 Å². The molecule has 66 heavy (non-hydrogen) atoms. The van der Waals surface area contributed by atoms with E-state index in [-0.39, 0.29) is 31.5 Å². The van der Waals surface area contributed by atoms with E-state index in [9.17, 15) is 4.79 Å². The van der Waals surface area contributed by atoms with Crippen molar-refractivity contribution in [2.24, 2.45) is 0 Å². The summed E-state index contributed by atoms with van der Waals surface area (Å²) >= 11 is 0. The van der Waals surface area contributed by atoms with Gasteiger partial charge in [-0.1, -0.05) is 191 Å². The number of rotatable bonds is 20. The predicted octanol–water partition coefficient (Wildman–Crippen LogP) is 8.66. The number of carbonyl (C=O) groups excluding carboxylic acids is 1. The van der Waals surface area contributed by atoms with Crippen LogP contribution in [0.1, 0.15) is 47.8 Å². The summed E-state index contributed by atoms with van der Waals surface area (Å²) in [5.74, 6) is -0.544. The number of benzene rings is 6. The molecule has 6 aromatic rings. The Balaban J connectivity index is 1.15. The zero-order valence-corrected chi connectivity index (χ0v) is 39.1. The van der Waals surface area contributed by atoms with Gasteiger partial charge in [0.15, 0.2) is 18.7 Å². The summed E-state index contributed by atoms with van der Waals surface area (Å²) < 4.78 is 60.5. The molecule has 6 aromatic carbocycles. The topological polar surface area (TPSA) is 100 Å². The standard InChI is InChI=1S/C55H60O10Si/c1-55(2,3)66(44-31-19-9-20-32-44,45-33-21-10-22-34-45)61-39-47-49(50(53(57-4)62-47)60-37-42-27-15-7-16-28-42)65-54-51(64-52(56)43-29-17-8-18-30-43)48(59-36-41-25-13-6-14-26-41)46(63-54)38-58-35-40-23-11-5-12-24-40/h5-34,46-51,53-54H,35-39H2,1-4H3/t46-,47-,48-,49-,50+,51+,53+,54-/m1/s1. The molecule has 11 heteroatoms. The van der Waals surface area contributed by atoms with Crippen LogP contribution in [0.4, 0.5) is 0 Å². The summed E-state index contributed by atoms with van der Waals surface area (Å²) in [4.78, 5) is 14.1. The van der Waals surface area contributed by atoms with Crippen molar-refractivity contribution in [2.45, 2.75) is 94.8 Å². The van der Waals surface area contributed by atoms with Gasteiger partial charge in [0.05, 0.1) is 38.6 Å². The third-order valence-electron chi connectivity index (χ3n) is 12.2. The number of ether oxygens (including phenoxy) is 8. The molecule has 10 nitrogen and oxygen atoms in total. The van der Waals surface area contributed by atoms with Gasteiger partial charge in [0, 0.05) is 7.11 Å². The summed E-state index contributed by atoms with van der Waals surface area (Å²) in [6.07, 6.45) is -6.83. The van der Waals surface area contributed by atoms with E-state index < -0.39 is 63.5 Å². The Morgan fingerprint density at radius 1 is 0.515 bits per heavy atom. The molecule has 0 unspecified atom stereocenters. The van der Waals surface area contributed by atoms with Crippen molar-refractivity contribution in [1.82, 2.24) is 0 Å². The molecule has 0 radical (unpaired) electrons. The lowest BCUT2D eigenvalue weighted by Crippen LogP contribution is -2.67. The van der Waals surface area contributed by atoms with Crippen molar-refractivity contribution in [3.8, 4) is 0 Å². The molecule has 0 amide bonds. The summed E-state index contributed by atoms with van der Waals surface area (Å²) in [6.45, 7) is 7.79. The van der Waals surface area contributed by atoms with E-state index in [2.05, 4.69) is 69.3 Å². The minimum atomic E-state index is -3.05. The van der Waals surface area contributed by atoms with Gasteiger partial charge in [0.2, 0.25) is 0 Å². The van der Waals surface area contributed by atoms with Crippen LogP contribution in [-0.4, -0.2) is 83.8 Å². The van der Waals surface area contributed by atoms with E-state index >= 15 is 0 Å². The lowest BCUT2D eigenvalue weighted by Gasteiger charge is -2.43. The Labute approximate surface area is 389 Å². The number of esters is 1. The first-order valence-corrected chi connectivity index (χ1v) is 24.6. The molecule has 2 fully saturated rings. The van der Waals surface area contributed by atoms with Gasteiger partial charge < -0.3 is 42.3 Å². The first kappa shape index (κ1) is 47.2. The molecule has 2 aliphatic rings. The molecule has 0 aromatic heterocycles. The fraction of sp³-hybridized carbons (Fsp3) is 0.327. The molecule has 2 aliphatic heterocycles. The molecule has 344 valence electrons. The molecule has 8 atom stereocenters. The van der Waals surface area contributed by atoms with E-state index in [0.29, 0.717) is 12.2 Å². The highest BCUT2D eigenvalue weighted by Crippen LogP contribution is 2.40. The first-order chi connectivity index (χ1) is 32.2. The van der Waals surface area contributed by atoms with Crippen molar-refractivity contribution < 1.29 is 47.1 Å². The molecule has 2 saturated heterocycles. The van der Waals surface area contributed by atoms with E-state index in [1.807, 2.05) is 109 Å². The Morgan fingerprint density at radius 2 is 0.955 bits per heavy atom. The maximum Gasteiger partial charge on any atom is 0.338 e. The highest BCUT2D eigenvalue weighted by molar-refractivity contribution is 6.99. The largest absolute Gasteiger partial charge is 0.450 e. The van der Waals surface area contributed by atoms with Gasteiger partial charge in [0.25, 0.3) is 8.32 Å². The van der Waals surface area contributed by atoms with Crippen LogP contribution in [-0.2, 0) is 62.1 Å². The molecular weight excluding hydrogens is 849 g/mol. The van der Waals surface area contributed by atoms with Crippen LogP contribution in [0.2, 0.25) is 5.04 Å². The van der Waals surface area contributed by atoms with Gasteiger partial charge >= 0.3 is 5.97 Å². The van der Waals surface area contributed by atoms with E-state index in [4.69, 9.17) is 42.3 Å². The second kappa shape index (κ2) is 22.5. The molecule has 0 bridgehead atoms. The maximum absolute atomic E-state index is 14.1. The Bertz CT molecular complexity index is 2310. The van der Waals surface area contributed by atoms with Gasteiger partial charge in [-0.15, -0.1) is 0 Å². The first-order valence-electron chi connectivity index (χ1n) is 22.7. The van der Waals surface area contributed by atoms with Gasteiger partial charge in [-0.05, 0) is 44.2 Å². The summed E-state index contributed by atoms with van der Waals surface area (Å²) in [5.41, 5.74) is 3.30. The number of methoxy groups -OCH3 is 1. The molecule has 0 spiro atoms. The van der Waals surface area contributed by atoms with Crippen molar-refractivity contribution >= 4 is 24.7 Å². The Morgan fingerprint density at radius 3 is 1.45 bits per heavy atom. The van der Waals surface area contributed by atoms with Crippen LogP contribution >= 0.6 is 0 Å². The SMILES string of the molecule is CO[C@H]1O[C@H](CO[Si](c2ccccc2)(c2ccccc2)C(C)(C)C)[C@@H](O[C@H]2O[C@H](COCc3ccccc3)[C@@H](OCc3ccccc3)[C@@H]2OC(=O)c2ccccc2)[C@@H]1OCc1ccccc1. The summed E-state index contributed by atoms with van der Waals surface area (Å²) in [7, 11) is -1.46. The van der Waals surface area contributed by atoms with Gasteiger partial charge in [-0.3, -0.25) is 0 Å². The van der Waals surface area contributed by atoms with E-state index in [1.165, 1.54) is 0 Å². The molecule has 0 saturated carbocycles. The normalized spacial score (nSPS) is 23.2. The van der Waals surface area contributed by atoms with Crippen LogP contribution in [0.3, 0.4) is 0 Å². The predicted molar refractivity (Wildman–Crippen MR) is 255 cm³/mol. The van der Waals surface area contributed by atoms with Crippen molar-refractivity contribution in [3.63, 3.8) is 0 Å². The minimum absolute atomic E-state index is 0.127. The average molecular weight is 909 g/mol. The maximum atomic E-state index is 14.1. The van der Waals surface area contributed by atoms with Crippen LogP contribution in [0.5, 0.6) is 0 Å². The number of carbonyl (C=O) groups is 1. The fourth-order valence-corrected chi connectivity index (χ4v) is 13.5. The third kappa shape index (κ3) is 11.3. The summed E-state index contributed by atoms with van der Waals surface area (Å²) in [5, 5.41) is 1.95. The molecule has 2 heterocycles. The van der Waals surface area contributed by atoms with Crippen LogP contribution < -0.4 is 10.4 Å². The van der Waals surface area contributed by atoms with Gasteiger partial charge in [-0.25, -0.2) is 4.79 Å².